The SMILES string of the molecule is CCCC(CO)(CO)Cc1cc(Br)ccc1F. The lowest BCUT2D eigenvalue weighted by Crippen LogP contribution is -2.32. The van der Waals surface area contributed by atoms with Crippen molar-refractivity contribution in [1.29, 1.82) is 0 Å². The van der Waals surface area contributed by atoms with Crippen LogP contribution < -0.4 is 0 Å². The predicted molar refractivity (Wildman–Crippen MR) is 69.3 cm³/mol. The fourth-order valence-electron chi connectivity index (χ4n) is 2.02. The number of halogens is 2. The highest BCUT2D eigenvalue weighted by Gasteiger charge is 2.29. The molecule has 17 heavy (non-hydrogen) atoms. The third-order valence-electron chi connectivity index (χ3n) is 3.02. The predicted octanol–water partition coefficient (Wildman–Crippen LogP) is 2.90. The summed E-state index contributed by atoms with van der Waals surface area (Å²) >= 11 is 3.30. The molecule has 0 aromatic heterocycles. The molecule has 0 saturated heterocycles. The van der Waals surface area contributed by atoms with Crippen molar-refractivity contribution in [3.63, 3.8) is 0 Å². The van der Waals surface area contributed by atoms with Gasteiger partial charge in [0.05, 0.1) is 13.2 Å². The minimum absolute atomic E-state index is 0.136. The van der Waals surface area contributed by atoms with Crippen molar-refractivity contribution in [2.75, 3.05) is 13.2 Å². The van der Waals surface area contributed by atoms with Crippen LogP contribution in [-0.2, 0) is 6.42 Å². The summed E-state index contributed by atoms with van der Waals surface area (Å²) in [5.41, 5.74) is -0.105. The first-order valence-corrected chi connectivity index (χ1v) is 6.52. The molecule has 0 atom stereocenters. The van der Waals surface area contributed by atoms with Crippen LogP contribution in [0.15, 0.2) is 22.7 Å². The first-order chi connectivity index (χ1) is 8.06. The Morgan fingerprint density at radius 2 is 1.94 bits per heavy atom. The summed E-state index contributed by atoms with van der Waals surface area (Å²) in [6.07, 6.45) is 1.86. The molecule has 0 heterocycles. The van der Waals surface area contributed by atoms with E-state index in [2.05, 4.69) is 15.9 Å². The minimum Gasteiger partial charge on any atom is -0.396 e. The molecule has 0 aliphatic heterocycles. The molecule has 0 radical (unpaired) electrons. The zero-order valence-electron chi connectivity index (χ0n) is 9.92. The van der Waals surface area contributed by atoms with Gasteiger partial charge in [-0.3, -0.25) is 0 Å². The third kappa shape index (κ3) is 3.76. The van der Waals surface area contributed by atoms with Crippen LogP contribution in [0.1, 0.15) is 25.3 Å². The van der Waals surface area contributed by atoms with E-state index >= 15 is 0 Å². The molecule has 0 unspecified atom stereocenters. The van der Waals surface area contributed by atoms with Crippen molar-refractivity contribution in [3.8, 4) is 0 Å². The zero-order valence-corrected chi connectivity index (χ0v) is 11.5. The van der Waals surface area contributed by atoms with Crippen molar-refractivity contribution in [3.05, 3.63) is 34.1 Å². The molecule has 0 fully saturated rings. The van der Waals surface area contributed by atoms with E-state index in [0.717, 1.165) is 10.9 Å². The lowest BCUT2D eigenvalue weighted by atomic mass is 9.79. The van der Waals surface area contributed by atoms with Crippen LogP contribution in [0.5, 0.6) is 0 Å². The van der Waals surface area contributed by atoms with Crippen molar-refractivity contribution in [1.82, 2.24) is 0 Å². The van der Waals surface area contributed by atoms with Crippen LogP contribution in [0.4, 0.5) is 4.39 Å². The summed E-state index contributed by atoms with van der Waals surface area (Å²) in [5.74, 6) is -0.296. The van der Waals surface area contributed by atoms with Crippen LogP contribution in [0.3, 0.4) is 0 Å². The Balaban J connectivity index is 2.96. The molecule has 0 spiro atoms. The second kappa shape index (κ2) is 6.47. The van der Waals surface area contributed by atoms with E-state index in [1.807, 2.05) is 6.92 Å². The molecular weight excluding hydrogens is 287 g/mol. The van der Waals surface area contributed by atoms with Gasteiger partial charge in [0.2, 0.25) is 0 Å². The summed E-state index contributed by atoms with van der Waals surface area (Å²) in [5, 5.41) is 18.9. The van der Waals surface area contributed by atoms with Gasteiger partial charge in [0.1, 0.15) is 5.82 Å². The van der Waals surface area contributed by atoms with Crippen LogP contribution in [0.2, 0.25) is 0 Å². The average Bonchev–Trinajstić information content (AvgIpc) is 2.33. The summed E-state index contributed by atoms with van der Waals surface area (Å²) < 4.78 is 14.4. The van der Waals surface area contributed by atoms with Gasteiger partial charge in [-0.05, 0) is 36.6 Å². The number of hydrogen-bond donors (Lipinski definition) is 2. The standard InChI is InChI=1S/C13H18BrFO2/c1-2-5-13(8-16,9-17)7-10-6-11(14)3-4-12(10)15/h3-4,6,16-17H,2,5,7-9H2,1H3. The van der Waals surface area contributed by atoms with E-state index in [0.29, 0.717) is 18.4 Å². The molecule has 1 aromatic rings. The second-order valence-electron chi connectivity index (χ2n) is 4.48. The smallest absolute Gasteiger partial charge is 0.126 e. The summed E-state index contributed by atoms with van der Waals surface area (Å²) in [4.78, 5) is 0. The van der Waals surface area contributed by atoms with Crippen LogP contribution in [0, 0.1) is 11.2 Å². The first-order valence-electron chi connectivity index (χ1n) is 5.72. The highest BCUT2D eigenvalue weighted by molar-refractivity contribution is 9.10. The highest BCUT2D eigenvalue weighted by Crippen LogP contribution is 2.30. The largest absolute Gasteiger partial charge is 0.396 e. The lowest BCUT2D eigenvalue weighted by molar-refractivity contribution is 0.0459. The molecule has 0 bridgehead atoms. The van der Waals surface area contributed by atoms with Crippen molar-refractivity contribution < 1.29 is 14.6 Å². The Bertz CT molecular complexity index is 364. The van der Waals surface area contributed by atoms with E-state index in [9.17, 15) is 14.6 Å². The average molecular weight is 305 g/mol. The molecule has 0 saturated carbocycles. The Kier molecular flexibility index (Phi) is 5.56. The Hall–Kier alpha value is -0.450. The lowest BCUT2D eigenvalue weighted by Gasteiger charge is -2.29. The monoisotopic (exact) mass is 304 g/mol. The maximum absolute atomic E-state index is 13.6. The van der Waals surface area contributed by atoms with Gasteiger partial charge in [0.15, 0.2) is 0 Å². The Labute approximate surface area is 110 Å². The van der Waals surface area contributed by atoms with Gasteiger partial charge in [0.25, 0.3) is 0 Å². The van der Waals surface area contributed by atoms with Crippen molar-refractivity contribution in [2.24, 2.45) is 5.41 Å². The molecule has 0 aliphatic rings. The molecule has 2 nitrogen and oxygen atoms in total. The molecule has 4 heteroatoms. The fourth-order valence-corrected chi connectivity index (χ4v) is 2.43. The molecule has 2 N–H and O–H groups in total. The summed E-state index contributed by atoms with van der Waals surface area (Å²) in [6.45, 7) is 1.71. The molecule has 1 aromatic carbocycles. The number of hydrogen-bond acceptors (Lipinski definition) is 2. The maximum Gasteiger partial charge on any atom is 0.126 e. The second-order valence-corrected chi connectivity index (χ2v) is 5.39. The molecule has 0 amide bonds. The normalized spacial score (nSPS) is 11.8. The Morgan fingerprint density at radius 3 is 2.47 bits per heavy atom. The van der Waals surface area contributed by atoms with E-state index in [-0.39, 0.29) is 19.0 Å². The van der Waals surface area contributed by atoms with Gasteiger partial charge < -0.3 is 10.2 Å². The zero-order chi connectivity index (χ0) is 12.9. The Morgan fingerprint density at radius 1 is 1.29 bits per heavy atom. The van der Waals surface area contributed by atoms with Crippen LogP contribution in [-0.4, -0.2) is 23.4 Å². The molecule has 0 aliphatic carbocycles. The summed E-state index contributed by atoms with van der Waals surface area (Å²) in [7, 11) is 0. The number of benzene rings is 1. The van der Waals surface area contributed by atoms with Crippen molar-refractivity contribution in [2.45, 2.75) is 26.2 Å². The quantitative estimate of drug-likeness (QED) is 0.848. The van der Waals surface area contributed by atoms with Gasteiger partial charge >= 0.3 is 0 Å². The number of aliphatic hydroxyl groups excluding tert-OH is 2. The molecular formula is C13H18BrFO2. The van der Waals surface area contributed by atoms with Crippen molar-refractivity contribution >= 4 is 15.9 Å². The van der Waals surface area contributed by atoms with Gasteiger partial charge in [-0.25, -0.2) is 4.39 Å². The third-order valence-corrected chi connectivity index (χ3v) is 3.52. The van der Waals surface area contributed by atoms with E-state index in [1.165, 1.54) is 6.07 Å². The fraction of sp³-hybridized carbons (Fsp3) is 0.538. The molecule has 1 rings (SSSR count). The number of aliphatic hydroxyl groups is 2. The minimum atomic E-state index is -0.629. The van der Waals surface area contributed by atoms with E-state index in [4.69, 9.17) is 0 Å². The van der Waals surface area contributed by atoms with E-state index < -0.39 is 5.41 Å². The van der Waals surface area contributed by atoms with Crippen LogP contribution in [0.25, 0.3) is 0 Å². The van der Waals surface area contributed by atoms with Gasteiger partial charge in [-0.15, -0.1) is 0 Å². The van der Waals surface area contributed by atoms with Gasteiger partial charge in [-0.2, -0.15) is 0 Å². The summed E-state index contributed by atoms with van der Waals surface area (Å²) in [6, 6.07) is 4.73. The molecule has 96 valence electrons. The maximum atomic E-state index is 13.6. The van der Waals surface area contributed by atoms with Gasteiger partial charge in [-0.1, -0.05) is 29.3 Å². The highest BCUT2D eigenvalue weighted by atomic mass is 79.9. The van der Waals surface area contributed by atoms with E-state index in [1.54, 1.807) is 12.1 Å². The first kappa shape index (κ1) is 14.6. The topological polar surface area (TPSA) is 40.5 Å². The van der Waals surface area contributed by atoms with Gasteiger partial charge in [0, 0.05) is 9.89 Å². The number of rotatable bonds is 6. The van der Waals surface area contributed by atoms with Crippen LogP contribution >= 0.6 is 15.9 Å².